The van der Waals surface area contributed by atoms with Crippen LogP contribution >= 0.6 is 12.6 Å². The van der Waals surface area contributed by atoms with Gasteiger partial charge in [-0.3, -0.25) is 14.7 Å². The minimum absolute atomic E-state index is 0.121. The van der Waals surface area contributed by atoms with Crippen molar-refractivity contribution in [2.75, 3.05) is 5.75 Å². The van der Waals surface area contributed by atoms with E-state index in [-0.39, 0.29) is 11.1 Å². The molecule has 0 fully saturated rings. The molecule has 1 aromatic rings. The lowest BCUT2D eigenvalue weighted by molar-refractivity contribution is 0.557. The van der Waals surface area contributed by atoms with Crippen molar-refractivity contribution in [1.29, 1.82) is 0 Å². The topological polar surface area (TPSA) is 54.9 Å². The average Bonchev–Trinajstić information content (AvgIpc) is 2.18. The molecule has 0 aliphatic rings. The summed E-state index contributed by atoms with van der Waals surface area (Å²) in [7, 11) is 0. The quantitative estimate of drug-likeness (QED) is 0.719. The minimum atomic E-state index is -0.193. The highest BCUT2D eigenvalue weighted by Crippen LogP contribution is 1.92. The number of aryl methyl sites for hydroxylation is 1. The summed E-state index contributed by atoms with van der Waals surface area (Å²) < 4.78 is 1.35. The maximum atomic E-state index is 11.6. The zero-order valence-electron chi connectivity index (χ0n) is 8.33. The van der Waals surface area contributed by atoms with Crippen LogP contribution in [0.25, 0.3) is 0 Å². The molecule has 0 aliphatic heterocycles. The second-order valence-corrected chi connectivity index (χ2v) is 3.67. The van der Waals surface area contributed by atoms with E-state index in [4.69, 9.17) is 0 Å². The summed E-state index contributed by atoms with van der Waals surface area (Å²) >= 11 is 4.05. The van der Waals surface area contributed by atoms with Crippen molar-refractivity contribution in [3.05, 3.63) is 31.8 Å². The highest BCUT2D eigenvalue weighted by molar-refractivity contribution is 7.80. The second-order valence-electron chi connectivity index (χ2n) is 3.22. The van der Waals surface area contributed by atoms with E-state index in [2.05, 4.69) is 17.7 Å². The smallest absolute Gasteiger partial charge is 0.268 e. The Bertz CT molecular complexity index is 433. The summed E-state index contributed by atoms with van der Waals surface area (Å²) in [6.45, 7) is 3.83. The van der Waals surface area contributed by atoms with Crippen molar-refractivity contribution >= 4 is 12.6 Å². The first-order valence-electron chi connectivity index (χ1n) is 4.49. The van der Waals surface area contributed by atoms with Gasteiger partial charge in [-0.25, -0.2) is 4.68 Å². The molecule has 5 heteroatoms. The van der Waals surface area contributed by atoms with Crippen LogP contribution in [0.2, 0.25) is 0 Å². The van der Waals surface area contributed by atoms with E-state index in [0.29, 0.717) is 23.4 Å². The summed E-state index contributed by atoms with van der Waals surface area (Å²) in [5.41, 5.74) is 0.704. The molecule has 0 bridgehead atoms. The van der Waals surface area contributed by atoms with Gasteiger partial charge in [0.2, 0.25) is 0 Å². The number of thiol groups is 1. The summed E-state index contributed by atoms with van der Waals surface area (Å²) in [6.07, 6.45) is 0.765. The number of rotatable bonds is 3. The van der Waals surface area contributed by atoms with Gasteiger partial charge >= 0.3 is 0 Å². The van der Waals surface area contributed by atoms with Crippen molar-refractivity contribution in [3.8, 4) is 0 Å². The number of H-pyrrole nitrogens is 1. The largest absolute Gasteiger partial charge is 0.268 e. The fraction of sp³-hybridized carbons (Fsp3) is 0.556. The normalized spacial score (nSPS) is 10.5. The number of hydrogen-bond acceptors (Lipinski definition) is 3. The van der Waals surface area contributed by atoms with E-state index in [9.17, 15) is 9.59 Å². The third-order valence-corrected chi connectivity index (χ3v) is 2.56. The lowest BCUT2D eigenvalue weighted by Crippen LogP contribution is -2.33. The molecule has 0 atom stereocenters. The van der Waals surface area contributed by atoms with Crippen molar-refractivity contribution in [2.24, 2.45) is 0 Å². The van der Waals surface area contributed by atoms with Crippen LogP contribution in [0.3, 0.4) is 0 Å². The molecule has 0 aliphatic carbocycles. The molecule has 0 radical (unpaired) electrons. The molecule has 0 saturated carbocycles. The summed E-state index contributed by atoms with van der Waals surface area (Å²) in [6, 6.07) is 0. The van der Waals surface area contributed by atoms with Crippen molar-refractivity contribution in [1.82, 2.24) is 9.78 Å². The van der Waals surface area contributed by atoms with E-state index in [1.54, 1.807) is 13.8 Å². The molecule has 0 amide bonds. The predicted octanol–water partition coefficient (Wildman–Crippen LogP) is 0.473. The molecule has 1 N–H and O–H groups in total. The Morgan fingerprint density at radius 3 is 2.50 bits per heavy atom. The van der Waals surface area contributed by atoms with Crippen LogP contribution in [0.15, 0.2) is 9.59 Å². The molecular formula is C9H14N2O2S. The van der Waals surface area contributed by atoms with Crippen LogP contribution < -0.4 is 11.1 Å². The van der Waals surface area contributed by atoms with Gasteiger partial charge in [0.05, 0.1) is 0 Å². The highest BCUT2D eigenvalue weighted by atomic mass is 32.1. The van der Waals surface area contributed by atoms with Gasteiger partial charge in [0, 0.05) is 17.7 Å². The van der Waals surface area contributed by atoms with E-state index >= 15 is 0 Å². The van der Waals surface area contributed by atoms with E-state index in [0.717, 1.165) is 6.42 Å². The van der Waals surface area contributed by atoms with Crippen LogP contribution in [0.5, 0.6) is 0 Å². The number of aromatic nitrogens is 2. The van der Waals surface area contributed by atoms with Crippen LogP contribution in [0, 0.1) is 13.8 Å². The lowest BCUT2D eigenvalue weighted by Gasteiger charge is -2.06. The highest BCUT2D eigenvalue weighted by Gasteiger charge is 2.05. The second kappa shape index (κ2) is 4.50. The Kier molecular flexibility index (Phi) is 3.57. The monoisotopic (exact) mass is 214 g/mol. The van der Waals surface area contributed by atoms with Crippen molar-refractivity contribution in [2.45, 2.75) is 26.8 Å². The zero-order valence-corrected chi connectivity index (χ0v) is 9.23. The van der Waals surface area contributed by atoms with Crippen LogP contribution in [0.1, 0.15) is 17.5 Å². The summed E-state index contributed by atoms with van der Waals surface area (Å²) in [5.74, 6) is 0.696. The molecule has 14 heavy (non-hydrogen) atoms. The molecule has 0 aromatic carbocycles. The van der Waals surface area contributed by atoms with Crippen LogP contribution in [-0.2, 0) is 6.54 Å². The van der Waals surface area contributed by atoms with E-state index in [1.165, 1.54) is 4.68 Å². The minimum Gasteiger partial charge on any atom is -0.268 e. The molecule has 1 aromatic heterocycles. The summed E-state index contributed by atoms with van der Waals surface area (Å²) in [4.78, 5) is 23.0. The standard InChI is InChI=1S/C9H14N2O2S/c1-6-7(2)9(13)11(4-3-5-14)10-8(6)12/h14H,3-5H2,1-2H3,(H,10,12). The third kappa shape index (κ3) is 2.09. The maximum absolute atomic E-state index is 11.6. The van der Waals surface area contributed by atoms with Gasteiger partial charge in [-0.1, -0.05) is 0 Å². The molecule has 0 unspecified atom stereocenters. The molecule has 1 rings (SSSR count). The Hall–Kier alpha value is -0.970. The zero-order chi connectivity index (χ0) is 10.7. The molecule has 1 heterocycles. The van der Waals surface area contributed by atoms with Crippen LogP contribution in [-0.4, -0.2) is 15.5 Å². The maximum Gasteiger partial charge on any atom is 0.268 e. The number of aromatic amines is 1. The Balaban J connectivity index is 3.20. The van der Waals surface area contributed by atoms with Gasteiger partial charge in [-0.2, -0.15) is 12.6 Å². The lowest BCUT2D eigenvalue weighted by atomic mass is 10.2. The van der Waals surface area contributed by atoms with Crippen LogP contribution in [0.4, 0.5) is 0 Å². The van der Waals surface area contributed by atoms with Crippen molar-refractivity contribution < 1.29 is 0 Å². The Morgan fingerprint density at radius 1 is 1.29 bits per heavy atom. The predicted molar refractivity (Wildman–Crippen MR) is 59.3 cm³/mol. The molecule has 78 valence electrons. The first-order valence-corrected chi connectivity index (χ1v) is 5.12. The molecule has 4 nitrogen and oxygen atoms in total. The summed E-state index contributed by atoms with van der Waals surface area (Å²) in [5, 5.41) is 2.53. The molecule has 0 saturated heterocycles. The Morgan fingerprint density at radius 2 is 1.93 bits per heavy atom. The fourth-order valence-corrected chi connectivity index (χ4v) is 1.32. The number of nitrogens with one attached hydrogen (secondary N) is 1. The first-order chi connectivity index (χ1) is 6.57. The molecular weight excluding hydrogens is 200 g/mol. The van der Waals surface area contributed by atoms with Gasteiger partial charge in [0.15, 0.2) is 0 Å². The number of nitrogens with zero attached hydrogens (tertiary/aromatic N) is 1. The SMILES string of the molecule is Cc1c(C)c(=O)n(CCCS)[nH]c1=O. The number of hydrogen-bond donors (Lipinski definition) is 2. The van der Waals surface area contributed by atoms with Gasteiger partial charge < -0.3 is 0 Å². The van der Waals surface area contributed by atoms with Gasteiger partial charge in [0.1, 0.15) is 0 Å². The molecule has 0 spiro atoms. The first kappa shape index (κ1) is 11.1. The van der Waals surface area contributed by atoms with Crippen molar-refractivity contribution in [3.63, 3.8) is 0 Å². The van der Waals surface area contributed by atoms with Gasteiger partial charge in [0.25, 0.3) is 11.1 Å². The van der Waals surface area contributed by atoms with Gasteiger partial charge in [-0.15, -0.1) is 0 Å². The fourth-order valence-electron chi connectivity index (χ4n) is 1.18. The van der Waals surface area contributed by atoms with E-state index in [1.807, 2.05) is 0 Å². The Labute approximate surface area is 87.4 Å². The third-order valence-electron chi connectivity index (χ3n) is 2.25. The average molecular weight is 214 g/mol. The van der Waals surface area contributed by atoms with Gasteiger partial charge in [-0.05, 0) is 26.0 Å². The van der Waals surface area contributed by atoms with E-state index < -0.39 is 0 Å².